The first kappa shape index (κ1) is 15.2. The Morgan fingerprint density at radius 2 is 2.00 bits per heavy atom. The molecule has 0 aliphatic rings. The maximum absolute atomic E-state index is 11.0. The zero-order valence-electron chi connectivity index (χ0n) is 12.8. The quantitative estimate of drug-likeness (QED) is 0.917. The zero-order chi connectivity index (χ0) is 15.6. The molecule has 21 heavy (non-hydrogen) atoms. The molecule has 1 N–H and O–H groups in total. The number of benzene rings is 1. The van der Waals surface area contributed by atoms with Gasteiger partial charge in [-0.2, -0.15) is 0 Å². The van der Waals surface area contributed by atoms with E-state index >= 15 is 0 Å². The van der Waals surface area contributed by atoms with Crippen LogP contribution in [-0.4, -0.2) is 11.1 Å². The molecule has 4 heteroatoms. The Morgan fingerprint density at radius 1 is 1.29 bits per heavy atom. The van der Waals surface area contributed by atoms with Gasteiger partial charge in [-0.25, -0.2) is 4.79 Å². The largest absolute Gasteiger partial charge is 0.488 e. The lowest BCUT2D eigenvalue weighted by Gasteiger charge is -2.23. The van der Waals surface area contributed by atoms with Gasteiger partial charge < -0.3 is 14.3 Å². The number of rotatable bonds is 4. The summed E-state index contributed by atoms with van der Waals surface area (Å²) in [5.41, 5.74) is 2.75. The molecule has 4 nitrogen and oxygen atoms in total. The second kappa shape index (κ2) is 5.64. The maximum Gasteiger partial charge on any atom is 0.372 e. The van der Waals surface area contributed by atoms with Crippen molar-refractivity contribution in [1.29, 1.82) is 0 Å². The molecule has 0 aliphatic carbocycles. The summed E-state index contributed by atoms with van der Waals surface area (Å²) in [5.74, 6) is -0.386. The second-order valence-electron chi connectivity index (χ2n) is 6.12. The fourth-order valence-corrected chi connectivity index (χ4v) is 2.15. The summed E-state index contributed by atoms with van der Waals surface area (Å²) in [6.45, 7) is 8.57. The van der Waals surface area contributed by atoms with E-state index in [2.05, 4.69) is 26.8 Å². The summed E-state index contributed by atoms with van der Waals surface area (Å²) in [6.07, 6.45) is 1.36. The number of carboxylic acid groups (broad SMARTS) is 1. The number of ether oxygens (including phenoxy) is 1. The van der Waals surface area contributed by atoms with Crippen molar-refractivity contribution in [1.82, 2.24) is 0 Å². The summed E-state index contributed by atoms with van der Waals surface area (Å²) in [4.78, 5) is 11.0. The average molecular weight is 288 g/mol. The fraction of sp³-hybridized carbons (Fsp3) is 0.353. The van der Waals surface area contributed by atoms with Crippen molar-refractivity contribution in [3.8, 4) is 5.75 Å². The van der Waals surface area contributed by atoms with E-state index in [9.17, 15) is 4.79 Å². The molecule has 0 saturated carbocycles. The van der Waals surface area contributed by atoms with Gasteiger partial charge in [0.05, 0.1) is 6.26 Å². The number of carboxylic acids is 1. The van der Waals surface area contributed by atoms with Gasteiger partial charge in [0, 0.05) is 5.56 Å². The van der Waals surface area contributed by atoms with Gasteiger partial charge in [-0.1, -0.05) is 38.5 Å². The van der Waals surface area contributed by atoms with E-state index in [1.54, 1.807) is 6.07 Å². The molecule has 112 valence electrons. The summed E-state index contributed by atoms with van der Waals surface area (Å²) >= 11 is 0. The monoisotopic (exact) mass is 288 g/mol. The molecule has 0 fully saturated rings. The van der Waals surface area contributed by atoms with Gasteiger partial charge in [0.1, 0.15) is 12.4 Å². The van der Waals surface area contributed by atoms with Crippen LogP contribution < -0.4 is 4.74 Å². The van der Waals surface area contributed by atoms with Crippen molar-refractivity contribution in [2.24, 2.45) is 0 Å². The van der Waals surface area contributed by atoms with Crippen LogP contribution >= 0.6 is 0 Å². The summed E-state index contributed by atoms with van der Waals surface area (Å²) < 4.78 is 10.8. The lowest BCUT2D eigenvalue weighted by Crippen LogP contribution is -2.14. The number of hydrogen-bond donors (Lipinski definition) is 1. The lowest BCUT2D eigenvalue weighted by atomic mass is 9.85. The van der Waals surface area contributed by atoms with Crippen LogP contribution in [0.25, 0.3) is 0 Å². The molecule has 0 atom stereocenters. The van der Waals surface area contributed by atoms with E-state index in [1.807, 2.05) is 19.1 Å². The van der Waals surface area contributed by atoms with Crippen LogP contribution in [0.3, 0.4) is 0 Å². The van der Waals surface area contributed by atoms with Gasteiger partial charge in [0.25, 0.3) is 0 Å². The fourth-order valence-electron chi connectivity index (χ4n) is 2.15. The molecule has 0 amide bonds. The predicted octanol–water partition coefficient (Wildman–Crippen LogP) is 4.16. The van der Waals surface area contributed by atoms with E-state index in [-0.39, 0.29) is 17.8 Å². The minimum Gasteiger partial charge on any atom is -0.488 e. The normalized spacial score (nSPS) is 11.4. The SMILES string of the molecule is Cc1ccc(OCc2ccoc2C(=O)O)c(C(C)(C)C)c1. The van der Waals surface area contributed by atoms with E-state index in [0.29, 0.717) is 5.56 Å². The first-order valence-corrected chi connectivity index (χ1v) is 6.82. The summed E-state index contributed by atoms with van der Waals surface area (Å²) in [6, 6.07) is 7.63. The van der Waals surface area contributed by atoms with Gasteiger partial charge in [-0.05, 0) is 30.0 Å². The molecular weight excluding hydrogens is 268 g/mol. The average Bonchev–Trinajstić information content (AvgIpc) is 2.84. The Bertz CT molecular complexity index is 647. The summed E-state index contributed by atoms with van der Waals surface area (Å²) in [7, 11) is 0. The number of aromatic carboxylic acids is 1. The van der Waals surface area contributed by atoms with Gasteiger partial charge in [0.2, 0.25) is 5.76 Å². The molecule has 1 aromatic carbocycles. The minimum atomic E-state index is -1.08. The van der Waals surface area contributed by atoms with E-state index in [4.69, 9.17) is 14.3 Å². The Morgan fingerprint density at radius 3 is 2.62 bits per heavy atom. The molecule has 0 saturated heterocycles. The lowest BCUT2D eigenvalue weighted by molar-refractivity contribution is 0.0658. The molecule has 0 aliphatic heterocycles. The molecule has 2 rings (SSSR count). The van der Waals surface area contributed by atoms with Gasteiger partial charge in [-0.15, -0.1) is 0 Å². The van der Waals surface area contributed by atoms with Crippen LogP contribution in [-0.2, 0) is 12.0 Å². The Labute approximate surface area is 124 Å². The molecule has 0 spiro atoms. The van der Waals surface area contributed by atoms with Crippen molar-refractivity contribution < 1.29 is 19.1 Å². The molecule has 0 radical (unpaired) electrons. The van der Waals surface area contributed by atoms with E-state index < -0.39 is 5.97 Å². The van der Waals surface area contributed by atoms with E-state index in [1.165, 1.54) is 11.8 Å². The van der Waals surface area contributed by atoms with Crippen molar-refractivity contribution in [2.75, 3.05) is 0 Å². The van der Waals surface area contributed by atoms with Crippen molar-refractivity contribution in [3.05, 3.63) is 53.0 Å². The topological polar surface area (TPSA) is 59.7 Å². The van der Waals surface area contributed by atoms with Crippen LogP contribution in [0.4, 0.5) is 0 Å². The number of aryl methyl sites for hydroxylation is 1. The van der Waals surface area contributed by atoms with Crippen molar-refractivity contribution >= 4 is 5.97 Å². The first-order chi connectivity index (χ1) is 9.79. The van der Waals surface area contributed by atoms with Crippen molar-refractivity contribution in [2.45, 2.75) is 39.7 Å². The molecule has 1 heterocycles. The van der Waals surface area contributed by atoms with Gasteiger partial charge >= 0.3 is 5.97 Å². The zero-order valence-corrected chi connectivity index (χ0v) is 12.8. The molecule has 2 aromatic rings. The van der Waals surface area contributed by atoms with Crippen LogP contribution in [0, 0.1) is 6.92 Å². The third kappa shape index (κ3) is 3.45. The van der Waals surface area contributed by atoms with Crippen LogP contribution in [0.15, 0.2) is 34.9 Å². The Hall–Kier alpha value is -2.23. The Kier molecular flexibility index (Phi) is 4.07. The second-order valence-corrected chi connectivity index (χ2v) is 6.12. The van der Waals surface area contributed by atoms with E-state index in [0.717, 1.165) is 11.3 Å². The number of hydrogen-bond acceptors (Lipinski definition) is 3. The van der Waals surface area contributed by atoms with Gasteiger partial charge in [-0.3, -0.25) is 0 Å². The number of carbonyl (C=O) groups is 1. The smallest absolute Gasteiger partial charge is 0.372 e. The standard InChI is InChI=1S/C17H20O4/c1-11-5-6-14(13(9-11)17(2,3)4)21-10-12-7-8-20-15(12)16(18)19/h5-9H,10H2,1-4H3,(H,18,19). The van der Waals surface area contributed by atoms with Gasteiger partial charge in [0.15, 0.2) is 0 Å². The number of furan rings is 1. The van der Waals surface area contributed by atoms with Crippen LogP contribution in [0.5, 0.6) is 5.75 Å². The highest BCUT2D eigenvalue weighted by Crippen LogP contribution is 2.32. The predicted molar refractivity (Wildman–Crippen MR) is 79.9 cm³/mol. The first-order valence-electron chi connectivity index (χ1n) is 6.82. The maximum atomic E-state index is 11.0. The molecular formula is C17H20O4. The van der Waals surface area contributed by atoms with Crippen molar-refractivity contribution in [3.63, 3.8) is 0 Å². The highest BCUT2D eigenvalue weighted by molar-refractivity contribution is 5.86. The molecule has 0 bridgehead atoms. The third-order valence-corrected chi connectivity index (χ3v) is 3.27. The van der Waals surface area contributed by atoms with Crippen LogP contribution in [0.2, 0.25) is 0 Å². The van der Waals surface area contributed by atoms with Crippen LogP contribution in [0.1, 0.15) is 48.0 Å². The third-order valence-electron chi connectivity index (χ3n) is 3.27. The Balaban J connectivity index is 2.24. The molecule has 1 aromatic heterocycles. The highest BCUT2D eigenvalue weighted by atomic mass is 16.5. The minimum absolute atomic E-state index is 0.0482. The molecule has 0 unspecified atom stereocenters. The summed E-state index contributed by atoms with van der Waals surface area (Å²) in [5, 5.41) is 9.02. The highest BCUT2D eigenvalue weighted by Gasteiger charge is 2.20.